The highest BCUT2D eigenvalue weighted by Gasteiger charge is 2.19. The minimum atomic E-state index is 0.573. The van der Waals surface area contributed by atoms with E-state index < -0.39 is 0 Å². The second kappa shape index (κ2) is 9.75. The lowest BCUT2D eigenvalue weighted by Crippen LogP contribution is -2.52. The Labute approximate surface area is 163 Å². The van der Waals surface area contributed by atoms with Crippen LogP contribution in [0.4, 0.5) is 0 Å². The molecule has 2 aromatic heterocycles. The van der Waals surface area contributed by atoms with E-state index in [0.29, 0.717) is 13.2 Å². The van der Waals surface area contributed by atoms with Crippen molar-refractivity contribution in [3.8, 4) is 5.75 Å². The van der Waals surface area contributed by atoms with E-state index >= 15 is 0 Å². The largest absolute Gasteiger partial charge is 0.490 e. The first-order chi connectivity index (χ1) is 12.7. The van der Waals surface area contributed by atoms with Gasteiger partial charge in [-0.15, -0.1) is 11.3 Å². The van der Waals surface area contributed by atoms with Crippen LogP contribution in [0.25, 0.3) is 0 Å². The fraction of sp³-hybridized carbons (Fsp3) is 0.444. The predicted molar refractivity (Wildman–Crippen MR) is 107 cm³/mol. The molecule has 0 radical (unpaired) electrons. The van der Waals surface area contributed by atoms with Gasteiger partial charge >= 0.3 is 0 Å². The Morgan fingerprint density at radius 2 is 2.15 bits per heavy atom. The lowest BCUT2D eigenvalue weighted by atomic mass is 10.3. The van der Waals surface area contributed by atoms with Gasteiger partial charge in [-0.2, -0.15) is 0 Å². The molecule has 0 saturated carbocycles. The van der Waals surface area contributed by atoms with Crippen molar-refractivity contribution in [2.75, 3.05) is 46.4 Å². The zero-order chi connectivity index (χ0) is 18.2. The van der Waals surface area contributed by atoms with Crippen molar-refractivity contribution in [2.45, 2.75) is 6.54 Å². The summed E-state index contributed by atoms with van der Waals surface area (Å²) in [7, 11) is 1.82. The van der Waals surface area contributed by atoms with Crippen LogP contribution in [0.5, 0.6) is 5.75 Å². The molecule has 1 saturated heterocycles. The molecule has 6 nitrogen and oxygen atoms in total. The van der Waals surface area contributed by atoms with E-state index in [2.05, 4.69) is 31.2 Å². The van der Waals surface area contributed by atoms with Gasteiger partial charge in [-0.05, 0) is 24.3 Å². The van der Waals surface area contributed by atoms with Crippen LogP contribution < -0.4 is 10.1 Å². The number of hydrogen-bond donors (Lipinski definition) is 1. The third kappa shape index (κ3) is 5.59. The number of aromatic nitrogens is 1. The van der Waals surface area contributed by atoms with Crippen LogP contribution in [0.15, 0.2) is 41.7 Å². The molecule has 0 spiro atoms. The minimum Gasteiger partial charge on any atom is -0.490 e. The highest BCUT2D eigenvalue weighted by molar-refractivity contribution is 7.16. The number of rotatable bonds is 6. The lowest BCUT2D eigenvalue weighted by Gasteiger charge is -2.36. The van der Waals surface area contributed by atoms with Crippen molar-refractivity contribution in [3.05, 3.63) is 45.9 Å². The van der Waals surface area contributed by atoms with E-state index in [9.17, 15) is 0 Å². The fourth-order valence-corrected chi connectivity index (χ4v) is 4.00. The molecule has 1 N–H and O–H groups in total. The number of piperazine rings is 1. The minimum absolute atomic E-state index is 0.573. The van der Waals surface area contributed by atoms with E-state index in [-0.39, 0.29) is 0 Å². The second-order valence-corrected chi connectivity index (χ2v) is 7.78. The molecule has 8 heteroatoms. The molecular formula is C18H24ClN5OS. The first-order valence-electron chi connectivity index (χ1n) is 8.69. The average Bonchev–Trinajstić information content (AvgIpc) is 3.08. The number of pyridine rings is 1. The number of hydrogen-bond acceptors (Lipinski definition) is 5. The second-order valence-electron chi connectivity index (χ2n) is 5.98. The summed E-state index contributed by atoms with van der Waals surface area (Å²) in [5.74, 6) is 1.71. The third-order valence-electron chi connectivity index (χ3n) is 4.18. The summed E-state index contributed by atoms with van der Waals surface area (Å²) in [6, 6.07) is 7.85. The third-order valence-corrected chi connectivity index (χ3v) is 5.40. The van der Waals surface area contributed by atoms with Crippen LogP contribution in [-0.2, 0) is 6.54 Å². The Balaban J connectivity index is 1.38. The van der Waals surface area contributed by atoms with Gasteiger partial charge in [0, 0.05) is 50.8 Å². The maximum atomic E-state index is 6.02. The maximum Gasteiger partial charge on any atom is 0.193 e. The molecule has 1 aliphatic rings. The molecule has 3 heterocycles. The summed E-state index contributed by atoms with van der Waals surface area (Å²) in [5.41, 5.74) is 0. The van der Waals surface area contributed by atoms with Crippen LogP contribution in [-0.4, -0.2) is 67.1 Å². The predicted octanol–water partition coefficient (Wildman–Crippen LogP) is 2.57. The quantitative estimate of drug-likeness (QED) is 0.464. The number of nitrogens with one attached hydrogen (secondary N) is 1. The van der Waals surface area contributed by atoms with Crippen molar-refractivity contribution < 1.29 is 4.74 Å². The van der Waals surface area contributed by atoms with Crippen molar-refractivity contribution in [2.24, 2.45) is 4.99 Å². The van der Waals surface area contributed by atoms with Gasteiger partial charge in [-0.1, -0.05) is 11.6 Å². The van der Waals surface area contributed by atoms with Crippen LogP contribution in [0.1, 0.15) is 4.88 Å². The van der Waals surface area contributed by atoms with E-state index in [1.165, 1.54) is 4.88 Å². The normalized spacial score (nSPS) is 15.9. The van der Waals surface area contributed by atoms with Crippen LogP contribution >= 0.6 is 22.9 Å². The number of halogens is 1. The summed E-state index contributed by atoms with van der Waals surface area (Å²) >= 11 is 7.68. The Kier molecular flexibility index (Phi) is 7.11. The first kappa shape index (κ1) is 18.9. The average molecular weight is 394 g/mol. The van der Waals surface area contributed by atoms with Crippen molar-refractivity contribution in [1.29, 1.82) is 0 Å². The molecule has 0 aromatic carbocycles. The van der Waals surface area contributed by atoms with Gasteiger partial charge in [0.15, 0.2) is 5.96 Å². The van der Waals surface area contributed by atoms with Gasteiger partial charge in [0.25, 0.3) is 0 Å². The number of nitrogens with zero attached hydrogens (tertiary/aromatic N) is 4. The molecule has 0 bridgehead atoms. The Morgan fingerprint density at radius 1 is 1.31 bits per heavy atom. The van der Waals surface area contributed by atoms with Gasteiger partial charge in [0.2, 0.25) is 0 Å². The molecule has 26 heavy (non-hydrogen) atoms. The molecule has 140 valence electrons. The molecule has 0 amide bonds. The SMILES string of the molecule is CN=C(NCCOc1cccnc1)N1CCN(Cc2ccc(Cl)s2)CC1. The summed E-state index contributed by atoms with van der Waals surface area (Å²) in [6.07, 6.45) is 3.45. The summed E-state index contributed by atoms with van der Waals surface area (Å²) in [5, 5.41) is 3.37. The van der Waals surface area contributed by atoms with Crippen LogP contribution in [0, 0.1) is 0 Å². The number of ether oxygens (including phenoxy) is 1. The van der Waals surface area contributed by atoms with Gasteiger partial charge in [0.05, 0.1) is 17.1 Å². The molecule has 2 aromatic rings. The van der Waals surface area contributed by atoms with Crippen molar-refractivity contribution in [3.63, 3.8) is 0 Å². The van der Waals surface area contributed by atoms with Crippen molar-refractivity contribution in [1.82, 2.24) is 20.1 Å². The first-order valence-corrected chi connectivity index (χ1v) is 9.89. The summed E-state index contributed by atoms with van der Waals surface area (Å²) in [6.45, 7) is 6.20. The maximum absolute atomic E-state index is 6.02. The Bertz CT molecular complexity index is 701. The van der Waals surface area contributed by atoms with Gasteiger partial charge < -0.3 is 15.0 Å². The van der Waals surface area contributed by atoms with Crippen LogP contribution in [0.2, 0.25) is 4.34 Å². The molecule has 0 unspecified atom stereocenters. The highest BCUT2D eigenvalue weighted by Crippen LogP contribution is 2.23. The molecule has 1 fully saturated rings. The number of thiophene rings is 1. The van der Waals surface area contributed by atoms with E-state index in [4.69, 9.17) is 16.3 Å². The van der Waals surface area contributed by atoms with Crippen molar-refractivity contribution >= 4 is 28.9 Å². The Morgan fingerprint density at radius 3 is 2.81 bits per heavy atom. The van der Waals surface area contributed by atoms with Gasteiger partial charge in [-0.3, -0.25) is 14.9 Å². The van der Waals surface area contributed by atoms with E-state index in [1.807, 2.05) is 25.2 Å². The zero-order valence-corrected chi connectivity index (χ0v) is 16.5. The standard InChI is InChI=1S/C18H24ClN5OS/c1-20-18(22-7-12-25-15-3-2-6-21-13-15)24-10-8-23(9-11-24)14-16-4-5-17(19)26-16/h2-6,13H,7-12,14H2,1H3,(H,20,22). The highest BCUT2D eigenvalue weighted by atomic mass is 35.5. The molecule has 1 aliphatic heterocycles. The zero-order valence-electron chi connectivity index (χ0n) is 14.9. The topological polar surface area (TPSA) is 53.0 Å². The molecule has 3 rings (SSSR count). The number of guanidine groups is 1. The van der Waals surface area contributed by atoms with Crippen LogP contribution in [0.3, 0.4) is 0 Å². The molecule has 0 atom stereocenters. The van der Waals surface area contributed by atoms with Gasteiger partial charge in [0.1, 0.15) is 12.4 Å². The Hall–Kier alpha value is -1.83. The summed E-state index contributed by atoms with van der Waals surface area (Å²) in [4.78, 5) is 14.5. The molecule has 0 aliphatic carbocycles. The monoisotopic (exact) mass is 393 g/mol. The summed E-state index contributed by atoms with van der Waals surface area (Å²) < 4.78 is 6.52. The van der Waals surface area contributed by atoms with Gasteiger partial charge in [-0.25, -0.2) is 0 Å². The fourth-order valence-electron chi connectivity index (χ4n) is 2.87. The van der Waals surface area contributed by atoms with E-state index in [1.54, 1.807) is 23.7 Å². The molecular weight excluding hydrogens is 370 g/mol. The van der Waals surface area contributed by atoms with E-state index in [0.717, 1.165) is 48.8 Å². The number of aliphatic imine (C=N–C) groups is 1. The lowest BCUT2D eigenvalue weighted by molar-refractivity contribution is 0.173. The smallest absolute Gasteiger partial charge is 0.193 e.